The first kappa shape index (κ1) is 23.8. The number of hydrogen-bond donors (Lipinski definition) is 2. The van der Waals surface area contributed by atoms with Gasteiger partial charge in [-0.25, -0.2) is 9.98 Å². The molecule has 3 aromatic rings. The van der Waals surface area contributed by atoms with Gasteiger partial charge in [0.1, 0.15) is 11.7 Å². The molecule has 7 heteroatoms. The molecule has 0 aliphatic carbocycles. The maximum absolute atomic E-state index is 6.34. The number of nitrogens with zero attached hydrogens (tertiary/aromatic N) is 3. The van der Waals surface area contributed by atoms with E-state index in [1.165, 1.54) is 11.8 Å². The van der Waals surface area contributed by atoms with Gasteiger partial charge >= 0.3 is 0 Å². The van der Waals surface area contributed by atoms with Crippen LogP contribution in [0.3, 0.4) is 0 Å². The van der Waals surface area contributed by atoms with Gasteiger partial charge in [0, 0.05) is 24.5 Å². The predicted octanol–water partition coefficient (Wildman–Crippen LogP) is 6.48. The number of hydrogen-bond acceptors (Lipinski definition) is 4. The van der Waals surface area contributed by atoms with Crippen molar-refractivity contribution in [2.24, 2.45) is 4.99 Å². The summed E-state index contributed by atoms with van der Waals surface area (Å²) in [5.41, 5.74) is 10.7. The standard InChI is InChI=1S/C25H27Cl2N5/c1-4-29-25(31-22-9-7-8-21(26)23(22)27)20-14-19(15-30-24(20)28)18-12-10-17(11-13-18)16-32(5-2)6-3/h4,7-15H,1,5-6,16H2,2-3H3,(H2,28,30)(H,29,31). The van der Waals surface area contributed by atoms with Crippen molar-refractivity contribution < 1.29 is 0 Å². The third-order valence-electron chi connectivity index (χ3n) is 5.19. The summed E-state index contributed by atoms with van der Waals surface area (Å²) < 4.78 is 0. The summed E-state index contributed by atoms with van der Waals surface area (Å²) in [4.78, 5) is 11.1. The maximum Gasteiger partial charge on any atom is 0.141 e. The monoisotopic (exact) mass is 467 g/mol. The maximum atomic E-state index is 6.34. The molecule has 3 N–H and O–H groups in total. The van der Waals surface area contributed by atoms with E-state index in [1.54, 1.807) is 18.3 Å². The minimum absolute atomic E-state index is 0.346. The lowest BCUT2D eigenvalue weighted by Gasteiger charge is -2.18. The molecule has 0 atom stereocenters. The molecule has 0 saturated heterocycles. The normalized spacial score (nSPS) is 11.6. The minimum Gasteiger partial charge on any atom is -0.383 e. The Kier molecular flexibility index (Phi) is 8.28. The van der Waals surface area contributed by atoms with Crippen LogP contribution in [0.15, 0.2) is 72.5 Å². The highest BCUT2D eigenvalue weighted by Gasteiger charge is 2.14. The molecule has 0 bridgehead atoms. The van der Waals surface area contributed by atoms with E-state index in [2.05, 4.69) is 64.9 Å². The van der Waals surface area contributed by atoms with E-state index < -0.39 is 0 Å². The van der Waals surface area contributed by atoms with Gasteiger partial charge in [-0.1, -0.05) is 74.0 Å². The van der Waals surface area contributed by atoms with Crippen LogP contribution in [0.2, 0.25) is 10.0 Å². The van der Waals surface area contributed by atoms with Crippen LogP contribution in [0, 0.1) is 0 Å². The Hall–Kier alpha value is -2.86. The third-order valence-corrected chi connectivity index (χ3v) is 6.01. The van der Waals surface area contributed by atoms with Crippen molar-refractivity contribution in [3.63, 3.8) is 0 Å². The van der Waals surface area contributed by atoms with Gasteiger partial charge in [0.25, 0.3) is 0 Å². The molecule has 5 nitrogen and oxygen atoms in total. The van der Waals surface area contributed by atoms with Crippen LogP contribution in [-0.2, 0) is 6.54 Å². The van der Waals surface area contributed by atoms with Crippen molar-refractivity contribution in [3.05, 3.63) is 88.7 Å². The molecule has 166 valence electrons. The number of aromatic nitrogens is 1. The zero-order chi connectivity index (χ0) is 23.1. The Morgan fingerprint density at radius 2 is 1.84 bits per heavy atom. The van der Waals surface area contributed by atoms with Crippen molar-refractivity contribution in [2.45, 2.75) is 20.4 Å². The lowest BCUT2D eigenvalue weighted by atomic mass is 10.0. The van der Waals surface area contributed by atoms with E-state index in [-0.39, 0.29) is 0 Å². The fourth-order valence-electron chi connectivity index (χ4n) is 3.32. The first-order chi connectivity index (χ1) is 15.5. The molecule has 0 amide bonds. The average molecular weight is 468 g/mol. The summed E-state index contributed by atoms with van der Waals surface area (Å²) in [7, 11) is 0. The van der Waals surface area contributed by atoms with E-state index >= 15 is 0 Å². The lowest BCUT2D eigenvalue weighted by Crippen LogP contribution is -2.21. The molecule has 0 aliphatic heterocycles. The number of halogens is 2. The van der Waals surface area contributed by atoms with E-state index in [0.717, 1.165) is 30.8 Å². The quantitative estimate of drug-likeness (QED) is 0.293. The van der Waals surface area contributed by atoms with E-state index in [9.17, 15) is 0 Å². The molecule has 0 fully saturated rings. The molecular formula is C25H27Cl2N5. The highest BCUT2D eigenvalue weighted by atomic mass is 35.5. The molecule has 32 heavy (non-hydrogen) atoms. The zero-order valence-electron chi connectivity index (χ0n) is 18.3. The summed E-state index contributed by atoms with van der Waals surface area (Å²) in [5, 5.41) is 4.05. The molecule has 1 aromatic heterocycles. The summed E-state index contributed by atoms with van der Waals surface area (Å²) in [5.74, 6) is 0.826. The second-order valence-corrected chi connectivity index (χ2v) is 7.99. The average Bonchev–Trinajstić information content (AvgIpc) is 2.81. The molecule has 0 saturated carbocycles. The third kappa shape index (κ3) is 5.68. The van der Waals surface area contributed by atoms with Gasteiger partial charge < -0.3 is 11.1 Å². The number of nitrogens with two attached hydrogens (primary N) is 1. The van der Waals surface area contributed by atoms with Gasteiger partial charge in [0.2, 0.25) is 0 Å². The number of rotatable bonds is 8. The summed E-state index contributed by atoms with van der Waals surface area (Å²) >= 11 is 12.5. The molecule has 0 spiro atoms. The molecular weight excluding hydrogens is 441 g/mol. The van der Waals surface area contributed by atoms with Crippen LogP contribution >= 0.6 is 23.2 Å². The number of aliphatic imine (C=N–C) groups is 1. The molecule has 0 aliphatic rings. The number of amidine groups is 1. The molecule has 0 radical (unpaired) electrons. The van der Waals surface area contributed by atoms with Crippen molar-refractivity contribution >= 4 is 40.5 Å². The fourth-order valence-corrected chi connectivity index (χ4v) is 3.67. The molecule has 3 rings (SSSR count). The van der Waals surface area contributed by atoms with Crippen molar-refractivity contribution in [1.29, 1.82) is 0 Å². The highest BCUT2D eigenvalue weighted by molar-refractivity contribution is 6.44. The van der Waals surface area contributed by atoms with Crippen LogP contribution in [0.4, 0.5) is 11.5 Å². The SMILES string of the molecule is C=CN=C(Nc1cccc(Cl)c1Cl)c1cc(-c2ccc(CN(CC)CC)cc2)cnc1N. The van der Waals surface area contributed by atoms with E-state index in [1.807, 2.05) is 12.1 Å². The highest BCUT2D eigenvalue weighted by Crippen LogP contribution is 2.31. The zero-order valence-corrected chi connectivity index (χ0v) is 19.8. The first-order valence-corrected chi connectivity index (χ1v) is 11.2. The summed E-state index contributed by atoms with van der Waals surface area (Å²) in [6.45, 7) is 11.0. The fraction of sp³-hybridized carbons (Fsp3) is 0.200. The number of nitrogens with one attached hydrogen (secondary N) is 1. The Balaban J connectivity index is 1.92. The number of anilines is 2. The predicted molar refractivity (Wildman–Crippen MR) is 138 cm³/mol. The van der Waals surface area contributed by atoms with Crippen LogP contribution in [0.25, 0.3) is 11.1 Å². The molecule has 2 aromatic carbocycles. The van der Waals surface area contributed by atoms with Crippen LogP contribution < -0.4 is 11.1 Å². The van der Waals surface area contributed by atoms with Crippen LogP contribution in [0.1, 0.15) is 25.0 Å². The van der Waals surface area contributed by atoms with Crippen molar-refractivity contribution in [2.75, 3.05) is 24.1 Å². The summed E-state index contributed by atoms with van der Waals surface area (Å²) in [6, 6.07) is 15.8. The van der Waals surface area contributed by atoms with Crippen LogP contribution in [0.5, 0.6) is 0 Å². The van der Waals surface area contributed by atoms with Crippen molar-refractivity contribution in [3.8, 4) is 11.1 Å². The Morgan fingerprint density at radius 1 is 1.12 bits per heavy atom. The second-order valence-electron chi connectivity index (χ2n) is 7.20. The number of nitrogen functional groups attached to an aromatic ring is 1. The van der Waals surface area contributed by atoms with Gasteiger partial charge in [0.15, 0.2) is 0 Å². The lowest BCUT2D eigenvalue weighted by molar-refractivity contribution is 0.296. The summed E-state index contributed by atoms with van der Waals surface area (Å²) in [6.07, 6.45) is 3.20. The van der Waals surface area contributed by atoms with Gasteiger partial charge in [-0.3, -0.25) is 4.90 Å². The molecule has 1 heterocycles. The van der Waals surface area contributed by atoms with Gasteiger partial charge in [0.05, 0.1) is 21.3 Å². The first-order valence-electron chi connectivity index (χ1n) is 10.4. The molecule has 0 unspecified atom stereocenters. The Bertz CT molecular complexity index is 1110. The minimum atomic E-state index is 0.346. The van der Waals surface area contributed by atoms with E-state index in [0.29, 0.717) is 32.9 Å². The topological polar surface area (TPSA) is 66.5 Å². The number of benzene rings is 2. The van der Waals surface area contributed by atoms with Crippen molar-refractivity contribution in [1.82, 2.24) is 9.88 Å². The number of pyridine rings is 1. The second kappa shape index (κ2) is 11.1. The van der Waals surface area contributed by atoms with Gasteiger partial charge in [-0.2, -0.15) is 0 Å². The van der Waals surface area contributed by atoms with Crippen LogP contribution in [-0.4, -0.2) is 28.8 Å². The largest absolute Gasteiger partial charge is 0.383 e. The van der Waals surface area contributed by atoms with Gasteiger partial charge in [-0.05, 0) is 42.4 Å². The van der Waals surface area contributed by atoms with Gasteiger partial charge in [-0.15, -0.1) is 0 Å². The smallest absolute Gasteiger partial charge is 0.141 e. The Morgan fingerprint density at radius 3 is 2.50 bits per heavy atom. The Labute approximate surface area is 199 Å². The van der Waals surface area contributed by atoms with E-state index in [4.69, 9.17) is 28.9 Å².